The fourth-order valence-corrected chi connectivity index (χ4v) is 2.48. The van der Waals surface area contributed by atoms with E-state index in [0.29, 0.717) is 5.92 Å². The van der Waals surface area contributed by atoms with Gasteiger partial charge in [-0.05, 0) is 43.4 Å². The van der Waals surface area contributed by atoms with Gasteiger partial charge in [-0.2, -0.15) is 0 Å². The van der Waals surface area contributed by atoms with E-state index in [-0.39, 0.29) is 6.04 Å². The lowest BCUT2D eigenvalue weighted by atomic mass is 9.83. The molecule has 15 heavy (non-hydrogen) atoms. The van der Waals surface area contributed by atoms with Crippen molar-refractivity contribution in [1.29, 1.82) is 0 Å². The number of nitrogens with zero attached hydrogens (tertiary/aromatic N) is 1. The maximum absolute atomic E-state index is 6.28. The number of pyridine rings is 1. The molecule has 0 aliphatic heterocycles. The van der Waals surface area contributed by atoms with E-state index >= 15 is 0 Å². The van der Waals surface area contributed by atoms with Gasteiger partial charge in [-0.1, -0.05) is 19.3 Å². The van der Waals surface area contributed by atoms with Gasteiger partial charge in [0.1, 0.15) is 0 Å². The zero-order valence-corrected chi connectivity index (χ0v) is 9.45. The third-order valence-corrected chi connectivity index (χ3v) is 3.44. The van der Waals surface area contributed by atoms with Crippen LogP contribution in [0.3, 0.4) is 0 Å². The van der Waals surface area contributed by atoms with Crippen LogP contribution >= 0.6 is 0 Å². The second-order valence-corrected chi connectivity index (χ2v) is 4.68. The Morgan fingerprint density at radius 1 is 1.33 bits per heavy atom. The van der Waals surface area contributed by atoms with Crippen LogP contribution in [0, 0.1) is 12.8 Å². The second-order valence-electron chi connectivity index (χ2n) is 4.68. The summed E-state index contributed by atoms with van der Waals surface area (Å²) in [5, 5.41) is 0. The number of aromatic nitrogens is 1. The Bertz CT molecular complexity index is 316. The molecule has 1 fully saturated rings. The molecule has 2 heteroatoms. The van der Waals surface area contributed by atoms with Gasteiger partial charge in [0.25, 0.3) is 0 Å². The van der Waals surface area contributed by atoms with Gasteiger partial charge >= 0.3 is 0 Å². The predicted octanol–water partition coefficient (Wildman–Crippen LogP) is 2.97. The number of hydrogen-bond acceptors (Lipinski definition) is 2. The molecular formula is C13H20N2. The van der Waals surface area contributed by atoms with E-state index < -0.39 is 0 Å². The Hall–Kier alpha value is -0.890. The van der Waals surface area contributed by atoms with Crippen molar-refractivity contribution < 1.29 is 0 Å². The molecule has 1 saturated carbocycles. The molecule has 82 valence electrons. The Balaban J connectivity index is 2.08. The molecule has 0 radical (unpaired) electrons. The van der Waals surface area contributed by atoms with Crippen molar-refractivity contribution in [3.63, 3.8) is 0 Å². The molecule has 1 heterocycles. The molecule has 1 aliphatic rings. The summed E-state index contributed by atoms with van der Waals surface area (Å²) in [7, 11) is 0. The van der Waals surface area contributed by atoms with Gasteiger partial charge < -0.3 is 5.73 Å². The first-order chi connectivity index (χ1) is 7.27. The monoisotopic (exact) mass is 204 g/mol. The first kappa shape index (κ1) is 10.6. The average molecular weight is 204 g/mol. The summed E-state index contributed by atoms with van der Waals surface area (Å²) in [6.07, 6.45) is 8.47. The summed E-state index contributed by atoms with van der Waals surface area (Å²) < 4.78 is 0. The molecule has 0 amide bonds. The lowest BCUT2D eigenvalue weighted by Gasteiger charge is -2.27. The smallest absolute Gasteiger partial charge is 0.0576 e. The minimum Gasteiger partial charge on any atom is -0.322 e. The molecular weight excluding hydrogens is 184 g/mol. The SMILES string of the molecule is Cc1ccnc(C(N)C2CCCCC2)c1. The third kappa shape index (κ3) is 2.57. The highest BCUT2D eigenvalue weighted by Crippen LogP contribution is 2.32. The Kier molecular flexibility index (Phi) is 3.37. The summed E-state index contributed by atoms with van der Waals surface area (Å²) >= 11 is 0. The molecule has 1 aromatic rings. The van der Waals surface area contributed by atoms with Crippen molar-refractivity contribution in [3.05, 3.63) is 29.6 Å². The molecule has 1 atom stereocenters. The predicted molar refractivity (Wildman–Crippen MR) is 62.5 cm³/mol. The molecule has 0 aromatic carbocycles. The Morgan fingerprint density at radius 3 is 2.73 bits per heavy atom. The fourth-order valence-electron chi connectivity index (χ4n) is 2.48. The van der Waals surface area contributed by atoms with Crippen LogP contribution in [-0.2, 0) is 0 Å². The van der Waals surface area contributed by atoms with Crippen molar-refractivity contribution in [2.24, 2.45) is 11.7 Å². The third-order valence-electron chi connectivity index (χ3n) is 3.44. The first-order valence-corrected chi connectivity index (χ1v) is 5.95. The van der Waals surface area contributed by atoms with Gasteiger partial charge in [-0.15, -0.1) is 0 Å². The van der Waals surface area contributed by atoms with Gasteiger partial charge in [0.05, 0.1) is 5.69 Å². The van der Waals surface area contributed by atoms with Crippen LogP contribution in [0.5, 0.6) is 0 Å². The van der Waals surface area contributed by atoms with Crippen LogP contribution in [0.25, 0.3) is 0 Å². The number of aryl methyl sites for hydroxylation is 1. The van der Waals surface area contributed by atoms with Crippen molar-refractivity contribution in [2.45, 2.75) is 45.1 Å². The van der Waals surface area contributed by atoms with Gasteiger partial charge in [0.15, 0.2) is 0 Å². The summed E-state index contributed by atoms with van der Waals surface area (Å²) in [4.78, 5) is 4.39. The van der Waals surface area contributed by atoms with E-state index in [4.69, 9.17) is 5.73 Å². The summed E-state index contributed by atoms with van der Waals surface area (Å²) in [6, 6.07) is 4.29. The van der Waals surface area contributed by atoms with Crippen molar-refractivity contribution in [3.8, 4) is 0 Å². The molecule has 1 aromatic heterocycles. The molecule has 2 N–H and O–H groups in total. The van der Waals surface area contributed by atoms with Crippen LogP contribution in [0.1, 0.15) is 49.4 Å². The first-order valence-electron chi connectivity index (χ1n) is 5.95. The molecule has 1 unspecified atom stereocenters. The second kappa shape index (κ2) is 4.75. The van der Waals surface area contributed by atoms with Crippen LogP contribution in [0.15, 0.2) is 18.3 Å². The van der Waals surface area contributed by atoms with Gasteiger partial charge in [0.2, 0.25) is 0 Å². The molecule has 0 saturated heterocycles. The summed E-state index contributed by atoms with van der Waals surface area (Å²) in [6.45, 7) is 2.10. The van der Waals surface area contributed by atoms with Crippen molar-refractivity contribution in [2.75, 3.05) is 0 Å². The van der Waals surface area contributed by atoms with E-state index in [1.54, 1.807) is 0 Å². The van der Waals surface area contributed by atoms with Gasteiger partial charge in [-0.3, -0.25) is 4.98 Å². The van der Waals surface area contributed by atoms with Crippen LogP contribution in [-0.4, -0.2) is 4.98 Å². The normalized spacial score (nSPS) is 20.1. The number of rotatable bonds is 2. The summed E-state index contributed by atoms with van der Waals surface area (Å²) in [5.74, 6) is 0.646. The molecule has 0 spiro atoms. The maximum atomic E-state index is 6.28. The van der Waals surface area contributed by atoms with Crippen molar-refractivity contribution in [1.82, 2.24) is 4.98 Å². The van der Waals surface area contributed by atoms with Gasteiger partial charge in [-0.25, -0.2) is 0 Å². The zero-order chi connectivity index (χ0) is 10.7. The highest BCUT2D eigenvalue weighted by molar-refractivity contribution is 5.17. The van der Waals surface area contributed by atoms with E-state index in [2.05, 4.69) is 18.0 Å². The highest BCUT2D eigenvalue weighted by atomic mass is 14.8. The van der Waals surface area contributed by atoms with Crippen molar-refractivity contribution >= 4 is 0 Å². The molecule has 2 nitrogen and oxygen atoms in total. The lowest BCUT2D eigenvalue weighted by molar-refractivity contribution is 0.305. The topological polar surface area (TPSA) is 38.9 Å². The quantitative estimate of drug-likeness (QED) is 0.804. The van der Waals surface area contributed by atoms with E-state index in [0.717, 1.165) is 5.69 Å². The molecule has 0 bridgehead atoms. The number of nitrogens with two attached hydrogens (primary N) is 1. The van der Waals surface area contributed by atoms with E-state index in [1.165, 1.54) is 37.7 Å². The largest absolute Gasteiger partial charge is 0.322 e. The average Bonchev–Trinajstić information content (AvgIpc) is 2.29. The van der Waals surface area contributed by atoms with Crippen LogP contribution < -0.4 is 5.73 Å². The minimum absolute atomic E-state index is 0.144. The molecule has 2 rings (SSSR count). The molecule has 1 aliphatic carbocycles. The van der Waals surface area contributed by atoms with Crippen LogP contribution in [0.2, 0.25) is 0 Å². The van der Waals surface area contributed by atoms with Gasteiger partial charge in [0, 0.05) is 12.2 Å². The van der Waals surface area contributed by atoms with Crippen LogP contribution in [0.4, 0.5) is 0 Å². The maximum Gasteiger partial charge on any atom is 0.0576 e. The Morgan fingerprint density at radius 2 is 2.07 bits per heavy atom. The Labute approximate surface area is 91.9 Å². The zero-order valence-electron chi connectivity index (χ0n) is 9.45. The number of hydrogen-bond donors (Lipinski definition) is 1. The fraction of sp³-hybridized carbons (Fsp3) is 0.615. The lowest BCUT2D eigenvalue weighted by Crippen LogP contribution is -2.24. The standard InChI is InChI=1S/C13H20N2/c1-10-7-8-15-12(9-10)13(14)11-5-3-2-4-6-11/h7-9,11,13H,2-6,14H2,1H3. The van der Waals surface area contributed by atoms with E-state index in [9.17, 15) is 0 Å². The highest BCUT2D eigenvalue weighted by Gasteiger charge is 2.22. The minimum atomic E-state index is 0.144. The summed E-state index contributed by atoms with van der Waals surface area (Å²) in [5.41, 5.74) is 8.60. The van der Waals surface area contributed by atoms with E-state index in [1.807, 2.05) is 12.3 Å².